The minimum absolute atomic E-state index is 0. The van der Waals surface area contributed by atoms with E-state index in [1.165, 1.54) is 0 Å². The van der Waals surface area contributed by atoms with Crippen LogP contribution in [0.3, 0.4) is 0 Å². The molecule has 0 spiro atoms. The van der Waals surface area contributed by atoms with Gasteiger partial charge in [-0.3, -0.25) is 4.98 Å². The van der Waals surface area contributed by atoms with E-state index < -0.39 is 10.0 Å². The number of rotatable bonds is 4. The number of hydrogen-bond donors (Lipinski definition) is 1. The first-order valence-electron chi connectivity index (χ1n) is 7.52. The summed E-state index contributed by atoms with van der Waals surface area (Å²) < 4.78 is 27.5. The van der Waals surface area contributed by atoms with Crippen LogP contribution in [0.5, 0.6) is 0 Å². The molecule has 1 aliphatic heterocycles. The summed E-state index contributed by atoms with van der Waals surface area (Å²) in [4.78, 5) is 4.67. The van der Waals surface area contributed by atoms with Crippen LogP contribution in [0.15, 0.2) is 35.4 Å². The lowest BCUT2D eigenvalue weighted by molar-refractivity contribution is 0.451. The number of pyridine rings is 1. The van der Waals surface area contributed by atoms with Gasteiger partial charge in [-0.1, -0.05) is 12.1 Å². The summed E-state index contributed by atoms with van der Waals surface area (Å²) in [5.41, 5.74) is 1.59. The number of halogens is 1. The molecule has 3 rings (SSSR count). The van der Waals surface area contributed by atoms with Crippen LogP contribution in [0.25, 0.3) is 10.9 Å². The molecule has 126 valence electrons. The van der Waals surface area contributed by atoms with Gasteiger partial charge in [0, 0.05) is 24.7 Å². The molecule has 2 aromatic rings. The predicted molar refractivity (Wildman–Crippen MR) is 94.5 cm³/mol. The van der Waals surface area contributed by atoms with Crippen LogP contribution in [-0.2, 0) is 10.0 Å². The fourth-order valence-electron chi connectivity index (χ4n) is 3.06. The van der Waals surface area contributed by atoms with Gasteiger partial charge in [0.1, 0.15) is 4.90 Å². The zero-order valence-corrected chi connectivity index (χ0v) is 15.0. The van der Waals surface area contributed by atoms with Gasteiger partial charge in [-0.2, -0.15) is 4.31 Å². The van der Waals surface area contributed by atoms with Crippen molar-refractivity contribution in [3.05, 3.63) is 36.0 Å². The van der Waals surface area contributed by atoms with E-state index in [-0.39, 0.29) is 12.4 Å². The largest absolute Gasteiger partial charge is 0.319 e. The quantitative estimate of drug-likeness (QED) is 0.913. The fourth-order valence-corrected chi connectivity index (χ4v) is 4.76. The normalized spacial score (nSPS) is 19.0. The molecule has 1 aromatic carbocycles. The Balaban J connectivity index is 0.00000192. The van der Waals surface area contributed by atoms with Crippen molar-refractivity contribution in [3.63, 3.8) is 0 Å². The van der Waals surface area contributed by atoms with Crippen LogP contribution >= 0.6 is 12.4 Å². The molecule has 1 N–H and O–H groups in total. The molecule has 1 saturated heterocycles. The van der Waals surface area contributed by atoms with E-state index in [1.807, 2.05) is 26.1 Å². The van der Waals surface area contributed by atoms with Crippen molar-refractivity contribution < 1.29 is 8.42 Å². The molecule has 1 unspecified atom stereocenters. The summed E-state index contributed by atoms with van der Waals surface area (Å²) in [7, 11) is -1.59. The van der Waals surface area contributed by atoms with Gasteiger partial charge < -0.3 is 5.32 Å². The number of sulfonamides is 1. The van der Waals surface area contributed by atoms with Crippen LogP contribution < -0.4 is 5.32 Å². The summed E-state index contributed by atoms with van der Waals surface area (Å²) in [5, 5.41) is 3.99. The second-order valence-corrected chi connectivity index (χ2v) is 7.82. The van der Waals surface area contributed by atoms with E-state index >= 15 is 0 Å². The van der Waals surface area contributed by atoms with Crippen LogP contribution in [0.1, 0.15) is 12.0 Å². The Morgan fingerprint density at radius 1 is 1.39 bits per heavy atom. The maximum absolute atomic E-state index is 12.9. The number of aromatic nitrogens is 1. The average molecular weight is 356 g/mol. The minimum atomic E-state index is -3.49. The molecule has 0 saturated carbocycles. The second kappa shape index (κ2) is 7.13. The molecule has 1 aromatic heterocycles. The van der Waals surface area contributed by atoms with Gasteiger partial charge in [0.25, 0.3) is 0 Å². The molecule has 1 aliphatic rings. The van der Waals surface area contributed by atoms with Gasteiger partial charge in [-0.15, -0.1) is 12.4 Å². The molecular formula is C16H22ClN3O2S. The number of nitrogens with one attached hydrogen (secondary N) is 1. The van der Waals surface area contributed by atoms with E-state index in [9.17, 15) is 8.42 Å². The number of para-hydroxylation sites is 1. The first-order chi connectivity index (χ1) is 10.5. The zero-order valence-electron chi connectivity index (χ0n) is 13.3. The highest BCUT2D eigenvalue weighted by Crippen LogP contribution is 2.28. The van der Waals surface area contributed by atoms with E-state index in [0.717, 1.165) is 23.9 Å². The summed E-state index contributed by atoms with van der Waals surface area (Å²) in [6.45, 7) is 3.96. The van der Waals surface area contributed by atoms with Crippen LogP contribution in [0.4, 0.5) is 0 Å². The lowest BCUT2D eigenvalue weighted by Crippen LogP contribution is -2.30. The van der Waals surface area contributed by atoms with Gasteiger partial charge in [-0.05, 0) is 50.6 Å². The third-order valence-electron chi connectivity index (χ3n) is 4.17. The van der Waals surface area contributed by atoms with Gasteiger partial charge in [-0.25, -0.2) is 8.42 Å². The SMILES string of the molecule is CNCC1CCN(S(=O)(=O)c2cccc3cc(C)cnc23)C1.Cl. The molecule has 2 heterocycles. The summed E-state index contributed by atoms with van der Waals surface area (Å²) in [6.07, 6.45) is 2.62. The predicted octanol–water partition coefficient (Wildman–Crippen LogP) is 2.20. The third-order valence-corrected chi connectivity index (χ3v) is 6.07. The van der Waals surface area contributed by atoms with E-state index in [1.54, 1.807) is 22.6 Å². The highest BCUT2D eigenvalue weighted by atomic mass is 35.5. The first-order valence-corrected chi connectivity index (χ1v) is 8.96. The Morgan fingerprint density at radius 3 is 2.91 bits per heavy atom. The Labute approximate surface area is 143 Å². The number of benzene rings is 1. The van der Waals surface area contributed by atoms with E-state index in [4.69, 9.17) is 0 Å². The fraction of sp³-hybridized carbons (Fsp3) is 0.438. The van der Waals surface area contributed by atoms with E-state index in [2.05, 4.69) is 10.3 Å². The number of hydrogen-bond acceptors (Lipinski definition) is 4. The Bertz CT molecular complexity index is 795. The molecule has 0 amide bonds. The molecule has 0 bridgehead atoms. The maximum Gasteiger partial charge on any atom is 0.245 e. The van der Waals surface area contributed by atoms with Gasteiger partial charge in [0.05, 0.1) is 5.52 Å². The third kappa shape index (κ3) is 3.50. The van der Waals surface area contributed by atoms with Gasteiger partial charge in [0.15, 0.2) is 0 Å². The van der Waals surface area contributed by atoms with Crippen molar-refractivity contribution >= 4 is 33.3 Å². The molecule has 5 nitrogen and oxygen atoms in total. The average Bonchev–Trinajstić information content (AvgIpc) is 2.96. The molecule has 7 heteroatoms. The summed E-state index contributed by atoms with van der Waals surface area (Å²) >= 11 is 0. The molecular weight excluding hydrogens is 334 g/mol. The second-order valence-electron chi connectivity index (χ2n) is 5.92. The topological polar surface area (TPSA) is 62.3 Å². The van der Waals surface area contributed by atoms with Crippen molar-refractivity contribution in [1.82, 2.24) is 14.6 Å². The number of fused-ring (bicyclic) bond motifs is 1. The van der Waals surface area contributed by atoms with Crippen molar-refractivity contribution in [2.24, 2.45) is 5.92 Å². The lowest BCUT2D eigenvalue weighted by atomic mass is 10.1. The Hall–Kier alpha value is -1.21. The Morgan fingerprint density at radius 2 is 2.17 bits per heavy atom. The number of aryl methyl sites for hydroxylation is 1. The number of nitrogens with zero attached hydrogens (tertiary/aromatic N) is 2. The standard InChI is InChI=1S/C16H21N3O2S.ClH/c1-12-8-14-4-3-5-15(16(14)18-9-12)22(20,21)19-7-6-13(11-19)10-17-2;/h3-5,8-9,13,17H,6-7,10-11H2,1-2H3;1H. The Kier molecular flexibility index (Phi) is 5.62. The van der Waals surface area contributed by atoms with Crippen molar-refractivity contribution in [2.75, 3.05) is 26.7 Å². The summed E-state index contributed by atoms with van der Waals surface area (Å²) in [5.74, 6) is 0.380. The van der Waals surface area contributed by atoms with Crippen LogP contribution in [0.2, 0.25) is 0 Å². The molecule has 23 heavy (non-hydrogen) atoms. The minimum Gasteiger partial charge on any atom is -0.319 e. The summed E-state index contributed by atoms with van der Waals surface area (Å²) in [6, 6.07) is 7.32. The highest BCUT2D eigenvalue weighted by Gasteiger charge is 2.33. The lowest BCUT2D eigenvalue weighted by Gasteiger charge is -2.17. The van der Waals surface area contributed by atoms with Crippen molar-refractivity contribution in [3.8, 4) is 0 Å². The van der Waals surface area contributed by atoms with Gasteiger partial charge >= 0.3 is 0 Å². The molecule has 1 atom stereocenters. The van der Waals surface area contributed by atoms with Crippen LogP contribution in [-0.4, -0.2) is 44.4 Å². The van der Waals surface area contributed by atoms with Crippen molar-refractivity contribution in [2.45, 2.75) is 18.2 Å². The molecule has 1 fully saturated rings. The first kappa shape index (κ1) is 18.1. The maximum atomic E-state index is 12.9. The van der Waals surface area contributed by atoms with Crippen molar-refractivity contribution in [1.29, 1.82) is 0 Å². The monoisotopic (exact) mass is 355 g/mol. The van der Waals surface area contributed by atoms with Crippen LogP contribution in [0, 0.1) is 12.8 Å². The smallest absolute Gasteiger partial charge is 0.245 e. The zero-order chi connectivity index (χ0) is 15.7. The highest BCUT2D eigenvalue weighted by molar-refractivity contribution is 7.89. The van der Waals surface area contributed by atoms with Gasteiger partial charge in [0.2, 0.25) is 10.0 Å². The molecule has 0 aliphatic carbocycles. The van der Waals surface area contributed by atoms with E-state index in [0.29, 0.717) is 29.4 Å². The molecule has 0 radical (unpaired) electrons.